The van der Waals surface area contributed by atoms with Gasteiger partial charge in [-0.3, -0.25) is 9.69 Å². The standard InChI is InChI=1S/C26H17Cl6N5O3S3/c1-2-36-19(38)17(43-24(36)41)20-37(15-5-3-4-6-16(15)42-20)11-12-40-21(39)14-9-7-13(8-10-14)18-33-22(25(27,28)29)35-23(34-18)26(30,31)32/h3-10H,2,11-12H2,1H3/b20-17+. The Morgan fingerprint density at radius 3 is 2.12 bits per heavy atom. The SMILES string of the molecule is CCN1C(=O)/C(=C2\Sc3ccccc3N2CCOC(=O)c2ccc(-c3nc(C(Cl)(Cl)Cl)nc(C(Cl)(Cl)Cl)n3)cc2)SC1=S. The number of benzene rings is 2. The van der Waals surface area contributed by atoms with Crippen LogP contribution in [0.1, 0.15) is 28.9 Å². The van der Waals surface area contributed by atoms with Gasteiger partial charge in [0.2, 0.25) is 7.59 Å². The van der Waals surface area contributed by atoms with Crippen LogP contribution in [0.25, 0.3) is 11.4 Å². The molecule has 0 aliphatic carbocycles. The molecule has 0 spiro atoms. The maximum Gasteiger partial charge on any atom is 0.338 e. The second kappa shape index (κ2) is 13.1. The number of esters is 1. The van der Waals surface area contributed by atoms with E-state index >= 15 is 0 Å². The number of rotatable bonds is 6. The maximum atomic E-state index is 13.0. The van der Waals surface area contributed by atoms with Crippen molar-refractivity contribution in [2.24, 2.45) is 0 Å². The number of likely N-dealkylation sites (N-methyl/N-ethyl adjacent to an activating group) is 1. The fourth-order valence-corrected chi connectivity index (χ4v) is 7.28. The fraction of sp³-hybridized carbons (Fsp3) is 0.231. The molecule has 3 heterocycles. The van der Waals surface area contributed by atoms with E-state index in [1.807, 2.05) is 36.1 Å². The van der Waals surface area contributed by atoms with Crippen molar-refractivity contribution >= 4 is 127 Å². The van der Waals surface area contributed by atoms with Crippen LogP contribution in [0.15, 0.2) is 63.4 Å². The lowest BCUT2D eigenvalue weighted by Gasteiger charge is -2.21. The van der Waals surface area contributed by atoms with E-state index < -0.39 is 13.6 Å². The summed E-state index contributed by atoms with van der Waals surface area (Å²) < 4.78 is 2.11. The van der Waals surface area contributed by atoms with Gasteiger partial charge in [0.1, 0.15) is 20.9 Å². The lowest BCUT2D eigenvalue weighted by atomic mass is 10.1. The molecule has 2 aliphatic rings. The number of hydrogen-bond acceptors (Lipinski definition) is 10. The number of thioether (sulfide) groups is 2. The molecule has 0 atom stereocenters. The molecule has 0 radical (unpaired) electrons. The summed E-state index contributed by atoms with van der Waals surface area (Å²) in [7, 11) is 0. The lowest BCUT2D eigenvalue weighted by molar-refractivity contribution is -0.122. The number of ether oxygens (including phenoxy) is 1. The molecule has 17 heteroatoms. The third-order valence-electron chi connectivity index (χ3n) is 6.04. The molecule has 8 nitrogen and oxygen atoms in total. The Kier molecular flexibility index (Phi) is 9.97. The number of aromatic nitrogens is 3. The molecule has 1 amide bonds. The average Bonchev–Trinajstić information content (AvgIpc) is 3.47. The Balaban J connectivity index is 1.31. The van der Waals surface area contributed by atoms with Crippen LogP contribution >= 0.6 is 105 Å². The molecule has 0 saturated carbocycles. The minimum absolute atomic E-state index is 0.0553. The van der Waals surface area contributed by atoms with Crippen LogP contribution in [-0.2, 0) is 17.1 Å². The number of thiocarbonyl (C=S) groups is 1. The Morgan fingerprint density at radius 2 is 1.53 bits per heavy atom. The fourth-order valence-electron chi connectivity index (χ4n) is 4.05. The van der Waals surface area contributed by atoms with Crippen LogP contribution in [0, 0.1) is 0 Å². The third-order valence-corrected chi connectivity index (χ3v) is 9.80. The predicted octanol–water partition coefficient (Wildman–Crippen LogP) is 8.01. The molecule has 5 rings (SSSR count). The molecule has 224 valence electrons. The number of alkyl halides is 6. The molecule has 0 N–H and O–H groups in total. The first-order valence-corrected chi connectivity index (χ1v) is 16.6. The van der Waals surface area contributed by atoms with Gasteiger partial charge >= 0.3 is 5.97 Å². The molecule has 43 heavy (non-hydrogen) atoms. The van der Waals surface area contributed by atoms with Crippen LogP contribution in [0.5, 0.6) is 0 Å². The van der Waals surface area contributed by atoms with Crippen molar-refractivity contribution in [3.63, 3.8) is 0 Å². The number of amides is 1. The summed E-state index contributed by atoms with van der Waals surface area (Å²) in [5.41, 5.74) is 1.65. The van der Waals surface area contributed by atoms with Gasteiger partial charge in [0.25, 0.3) is 5.91 Å². The molecule has 2 aliphatic heterocycles. The number of fused-ring (bicyclic) bond motifs is 1. The summed E-state index contributed by atoms with van der Waals surface area (Å²) in [4.78, 5) is 43.4. The molecular weight excluding hydrogens is 739 g/mol. The topological polar surface area (TPSA) is 88.5 Å². The molecule has 0 unspecified atom stereocenters. The second-order valence-electron chi connectivity index (χ2n) is 8.79. The lowest BCUT2D eigenvalue weighted by Crippen LogP contribution is -2.29. The van der Waals surface area contributed by atoms with E-state index in [0.29, 0.717) is 27.9 Å². The van der Waals surface area contributed by atoms with Crippen LogP contribution in [-0.4, -0.2) is 55.7 Å². The zero-order valence-corrected chi connectivity index (χ0v) is 28.7. The van der Waals surface area contributed by atoms with E-state index in [1.165, 1.54) is 35.7 Å². The van der Waals surface area contributed by atoms with Gasteiger partial charge in [0.05, 0.1) is 17.8 Å². The summed E-state index contributed by atoms with van der Waals surface area (Å²) in [5, 5.41) is 0.760. The highest BCUT2D eigenvalue weighted by atomic mass is 35.6. The van der Waals surface area contributed by atoms with Gasteiger partial charge in [0.15, 0.2) is 17.5 Å². The van der Waals surface area contributed by atoms with Crippen LogP contribution in [0.3, 0.4) is 0 Å². The summed E-state index contributed by atoms with van der Waals surface area (Å²) in [6.07, 6.45) is 0. The molecule has 1 aromatic heterocycles. The van der Waals surface area contributed by atoms with E-state index in [0.717, 1.165) is 15.6 Å². The maximum absolute atomic E-state index is 13.0. The summed E-state index contributed by atoms with van der Waals surface area (Å²) >= 11 is 43.9. The monoisotopic (exact) mass is 753 g/mol. The quantitative estimate of drug-likeness (QED) is 0.107. The first-order valence-electron chi connectivity index (χ1n) is 12.3. The van der Waals surface area contributed by atoms with Gasteiger partial charge in [-0.1, -0.05) is 130 Å². The smallest absolute Gasteiger partial charge is 0.338 e. The van der Waals surface area contributed by atoms with E-state index in [9.17, 15) is 9.59 Å². The van der Waals surface area contributed by atoms with E-state index in [2.05, 4.69) is 15.0 Å². The van der Waals surface area contributed by atoms with Gasteiger partial charge in [-0.15, -0.1) is 0 Å². The third kappa shape index (κ3) is 7.15. The van der Waals surface area contributed by atoms with Crippen molar-refractivity contribution in [2.45, 2.75) is 19.4 Å². The van der Waals surface area contributed by atoms with Gasteiger partial charge in [-0.25, -0.2) is 19.7 Å². The van der Waals surface area contributed by atoms with Crippen LogP contribution in [0.4, 0.5) is 5.69 Å². The molecule has 0 bridgehead atoms. The second-order valence-corrected chi connectivity index (χ2v) is 16.0. The van der Waals surface area contributed by atoms with Crippen molar-refractivity contribution < 1.29 is 14.3 Å². The Morgan fingerprint density at radius 1 is 0.907 bits per heavy atom. The number of hydrogen-bond donors (Lipinski definition) is 0. The highest BCUT2D eigenvalue weighted by Gasteiger charge is 2.38. The molecular formula is C26H17Cl6N5O3S3. The van der Waals surface area contributed by atoms with Crippen molar-refractivity contribution in [1.82, 2.24) is 19.9 Å². The van der Waals surface area contributed by atoms with Crippen molar-refractivity contribution in [2.75, 3.05) is 24.6 Å². The first-order chi connectivity index (χ1) is 20.3. The number of carbonyl (C=O) groups excluding carboxylic acids is 2. The molecule has 1 fully saturated rings. The first kappa shape index (κ1) is 32.8. The average molecular weight is 756 g/mol. The number of para-hydroxylation sites is 1. The van der Waals surface area contributed by atoms with E-state index in [-0.39, 0.29) is 35.6 Å². The summed E-state index contributed by atoms with van der Waals surface area (Å²) in [5.74, 6) is -1.07. The Hall–Kier alpha value is -1.54. The number of nitrogens with zero attached hydrogens (tertiary/aromatic N) is 5. The highest BCUT2D eigenvalue weighted by Crippen LogP contribution is 2.50. The minimum atomic E-state index is -2.00. The number of anilines is 1. The van der Waals surface area contributed by atoms with Crippen LogP contribution < -0.4 is 4.90 Å². The zero-order chi connectivity index (χ0) is 31.1. The Bertz CT molecular complexity index is 1610. The van der Waals surface area contributed by atoms with Crippen LogP contribution in [0.2, 0.25) is 0 Å². The molecule has 3 aromatic rings. The highest BCUT2D eigenvalue weighted by molar-refractivity contribution is 8.27. The van der Waals surface area contributed by atoms with Crippen molar-refractivity contribution in [3.05, 3.63) is 75.7 Å². The summed E-state index contributed by atoms with van der Waals surface area (Å²) in [6, 6.07) is 14.0. The molecule has 2 aromatic carbocycles. The van der Waals surface area contributed by atoms with Crippen molar-refractivity contribution in [3.8, 4) is 11.4 Å². The van der Waals surface area contributed by atoms with Gasteiger partial charge < -0.3 is 9.64 Å². The largest absolute Gasteiger partial charge is 0.460 e. The van der Waals surface area contributed by atoms with Gasteiger partial charge in [-0.2, -0.15) is 0 Å². The molecule has 1 saturated heterocycles. The van der Waals surface area contributed by atoms with E-state index in [4.69, 9.17) is 86.6 Å². The normalized spacial score (nSPS) is 17.1. The number of carbonyl (C=O) groups is 2. The van der Waals surface area contributed by atoms with E-state index in [1.54, 1.807) is 17.0 Å². The zero-order valence-electron chi connectivity index (χ0n) is 21.7. The van der Waals surface area contributed by atoms with Gasteiger partial charge in [0, 0.05) is 17.0 Å². The predicted molar refractivity (Wildman–Crippen MR) is 178 cm³/mol. The van der Waals surface area contributed by atoms with Crippen molar-refractivity contribution in [1.29, 1.82) is 0 Å². The minimum Gasteiger partial charge on any atom is -0.460 e. The summed E-state index contributed by atoms with van der Waals surface area (Å²) in [6.45, 7) is 2.75. The van der Waals surface area contributed by atoms with Gasteiger partial charge in [-0.05, 0) is 31.2 Å². The Labute approximate surface area is 290 Å². The number of halogens is 6.